The van der Waals surface area contributed by atoms with E-state index in [0.29, 0.717) is 38.9 Å². The summed E-state index contributed by atoms with van der Waals surface area (Å²) in [6, 6.07) is -0.145. The number of piperidine rings is 1. The molecule has 0 saturated carbocycles. The maximum atomic E-state index is 11.9. The van der Waals surface area contributed by atoms with E-state index >= 15 is 0 Å². The van der Waals surface area contributed by atoms with E-state index in [1.54, 1.807) is 16.6 Å². The average Bonchev–Trinajstić information content (AvgIpc) is 2.85. The molecule has 0 aliphatic carbocycles. The maximum Gasteiger partial charge on any atom is 0.317 e. The number of aliphatic hydroxyl groups is 2. The van der Waals surface area contributed by atoms with Crippen molar-refractivity contribution in [3.05, 3.63) is 11.9 Å². The summed E-state index contributed by atoms with van der Waals surface area (Å²) in [6.45, 7) is 1.15. The summed E-state index contributed by atoms with van der Waals surface area (Å²) in [5, 5.41) is 29.5. The van der Waals surface area contributed by atoms with Crippen LogP contribution in [-0.4, -0.2) is 68.0 Å². The van der Waals surface area contributed by atoms with E-state index in [4.69, 9.17) is 5.11 Å². The van der Waals surface area contributed by atoms with Crippen LogP contribution in [0.3, 0.4) is 0 Å². The molecule has 1 aromatic rings. The Labute approximate surface area is 117 Å². The number of carbonyl (C=O) groups is 1. The van der Waals surface area contributed by atoms with Gasteiger partial charge in [0.05, 0.1) is 17.9 Å². The summed E-state index contributed by atoms with van der Waals surface area (Å²) >= 11 is 0. The molecule has 3 N–H and O–H groups in total. The summed E-state index contributed by atoms with van der Waals surface area (Å²) in [5.41, 5.74) is -0.197. The Bertz CT molecular complexity index is 454. The number of amides is 2. The number of aliphatic hydroxyl groups excluding tert-OH is 1. The van der Waals surface area contributed by atoms with Gasteiger partial charge in [-0.1, -0.05) is 5.21 Å². The van der Waals surface area contributed by atoms with E-state index < -0.39 is 5.60 Å². The van der Waals surface area contributed by atoms with E-state index in [0.717, 1.165) is 5.69 Å². The molecule has 2 amide bonds. The number of likely N-dealkylation sites (tertiary alicyclic amines) is 1. The van der Waals surface area contributed by atoms with Gasteiger partial charge in [-0.15, -0.1) is 5.10 Å². The summed E-state index contributed by atoms with van der Waals surface area (Å²) in [6.07, 6.45) is 3.25. The van der Waals surface area contributed by atoms with Gasteiger partial charge in [0.2, 0.25) is 0 Å². The van der Waals surface area contributed by atoms with Gasteiger partial charge in [-0.3, -0.25) is 4.68 Å². The fraction of sp³-hybridized carbons (Fsp3) is 0.750. The predicted octanol–water partition coefficient (Wildman–Crippen LogP) is -1.11. The van der Waals surface area contributed by atoms with Crippen LogP contribution < -0.4 is 5.32 Å². The van der Waals surface area contributed by atoms with Crippen LogP contribution in [0.15, 0.2) is 6.20 Å². The van der Waals surface area contributed by atoms with Crippen molar-refractivity contribution in [2.24, 2.45) is 7.05 Å². The topological polar surface area (TPSA) is 104 Å². The summed E-state index contributed by atoms with van der Waals surface area (Å²) in [5.74, 6) is 0. The normalized spacial score (nSPS) is 18.1. The molecular weight excluding hydrogens is 262 g/mol. The third-order valence-corrected chi connectivity index (χ3v) is 3.58. The molecule has 1 saturated heterocycles. The molecule has 0 radical (unpaired) electrons. The molecule has 0 aromatic carbocycles. The number of urea groups is 1. The second-order valence-corrected chi connectivity index (χ2v) is 5.23. The van der Waals surface area contributed by atoms with Crippen LogP contribution >= 0.6 is 0 Å². The quantitative estimate of drug-likeness (QED) is 0.650. The molecule has 1 fully saturated rings. The van der Waals surface area contributed by atoms with Crippen molar-refractivity contribution in [2.75, 3.05) is 26.2 Å². The standard InChI is InChI=1S/C12H21N5O3/c1-16-8-10(14-15-16)2-5-13-11(19)17-6-3-12(20,9-18)4-7-17/h8,18,20H,2-7,9H2,1H3,(H,13,19). The molecule has 0 atom stereocenters. The zero-order valence-corrected chi connectivity index (χ0v) is 11.6. The van der Waals surface area contributed by atoms with Gasteiger partial charge >= 0.3 is 6.03 Å². The van der Waals surface area contributed by atoms with Crippen molar-refractivity contribution in [1.29, 1.82) is 0 Å². The molecule has 0 unspecified atom stereocenters. The van der Waals surface area contributed by atoms with E-state index in [9.17, 15) is 9.90 Å². The largest absolute Gasteiger partial charge is 0.393 e. The number of rotatable bonds is 4. The van der Waals surface area contributed by atoms with Crippen molar-refractivity contribution in [3.8, 4) is 0 Å². The third kappa shape index (κ3) is 3.67. The van der Waals surface area contributed by atoms with Gasteiger partial charge in [0.25, 0.3) is 0 Å². The molecule has 2 heterocycles. The fourth-order valence-corrected chi connectivity index (χ4v) is 2.20. The van der Waals surface area contributed by atoms with Gasteiger partial charge in [0, 0.05) is 39.3 Å². The number of aromatic nitrogens is 3. The van der Waals surface area contributed by atoms with Crippen LogP contribution in [0, 0.1) is 0 Å². The van der Waals surface area contributed by atoms with Crippen molar-refractivity contribution >= 4 is 6.03 Å². The first-order valence-corrected chi connectivity index (χ1v) is 6.74. The summed E-state index contributed by atoms with van der Waals surface area (Å²) < 4.78 is 1.62. The highest BCUT2D eigenvalue weighted by atomic mass is 16.3. The van der Waals surface area contributed by atoms with E-state index in [1.807, 2.05) is 6.20 Å². The first kappa shape index (κ1) is 14.7. The number of nitrogens with one attached hydrogen (secondary N) is 1. The SMILES string of the molecule is Cn1cc(CCNC(=O)N2CCC(O)(CO)CC2)nn1. The van der Waals surface area contributed by atoms with E-state index in [1.165, 1.54) is 0 Å². The Morgan fingerprint density at radius 3 is 2.75 bits per heavy atom. The Balaban J connectivity index is 1.70. The first-order chi connectivity index (χ1) is 9.52. The lowest BCUT2D eigenvalue weighted by molar-refractivity contribution is -0.0526. The fourth-order valence-electron chi connectivity index (χ4n) is 2.20. The summed E-state index contributed by atoms with van der Waals surface area (Å²) in [7, 11) is 1.80. The van der Waals surface area contributed by atoms with Crippen LogP contribution in [0.5, 0.6) is 0 Å². The Morgan fingerprint density at radius 1 is 1.50 bits per heavy atom. The zero-order valence-electron chi connectivity index (χ0n) is 11.6. The van der Waals surface area contributed by atoms with Crippen LogP contribution in [-0.2, 0) is 13.5 Å². The molecule has 112 valence electrons. The first-order valence-electron chi connectivity index (χ1n) is 6.74. The number of nitrogens with zero attached hydrogens (tertiary/aromatic N) is 4. The molecule has 2 rings (SSSR count). The lowest BCUT2D eigenvalue weighted by atomic mass is 9.93. The Morgan fingerprint density at radius 2 is 2.20 bits per heavy atom. The smallest absolute Gasteiger partial charge is 0.317 e. The van der Waals surface area contributed by atoms with Crippen LogP contribution in [0.2, 0.25) is 0 Å². The van der Waals surface area contributed by atoms with Crippen molar-refractivity contribution in [2.45, 2.75) is 24.9 Å². The summed E-state index contributed by atoms with van der Waals surface area (Å²) in [4.78, 5) is 13.6. The molecule has 1 aliphatic rings. The monoisotopic (exact) mass is 283 g/mol. The average molecular weight is 283 g/mol. The van der Waals surface area contributed by atoms with Gasteiger partial charge < -0.3 is 20.4 Å². The van der Waals surface area contributed by atoms with Crippen LogP contribution in [0.4, 0.5) is 4.79 Å². The molecule has 8 heteroatoms. The van der Waals surface area contributed by atoms with Gasteiger partial charge in [-0.05, 0) is 12.8 Å². The third-order valence-electron chi connectivity index (χ3n) is 3.58. The Kier molecular flexibility index (Phi) is 4.56. The highest BCUT2D eigenvalue weighted by Crippen LogP contribution is 2.21. The van der Waals surface area contributed by atoms with Crippen molar-refractivity contribution in [1.82, 2.24) is 25.2 Å². The lowest BCUT2D eigenvalue weighted by Crippen LogP contribution is -2.51. The lowest BCUT2D eigenvalue weighted by Gasteiger charge is -2.36. The number of aryl methyl sites for hydroxylation is 1. The van der Waals surface area contributed by atoms with Crippen molar-refractivity contribution in [3.63, 3.8) is 0 Å². The van der Waals surface area contributed by atoms with Crippen LogP contribution in [0.1, 0.15) is 18.5 Å². The maximum absolute atomic E-state index is 11.9. The Hall–Kier alpha value is -1.67. The highest BCUT2D eigenvalue weighted by Gasteiger charge is 2.33. The molecular formula is C12H21N5O3. The van der Waals surface area contributed by atoms with Gasteiger partial charge in [-0.25, -0.2) is 4.79 Å². The van der Waals surface area contributed by atoms with Crippen LogP contribution in [0.25, 0.3) is 0 Å². The second kappa shape index (κ2) is 6.19. The molecule has 0 bridgehead atoms. The molecule has 8 nitrogen and oxygen atoms in total. The number of hydrogen-bond donors (Lipinski definition) is 3. The minimum Gasteiger partial charge on any atom is -0.393 e. The molecule has 1 aliphatic heterocycles. The number of hydrogen-bond acceptors (Lipinski definition) is 5. The zero-order chi connectivity index (χ0) is 14.6. The van der Waals surface area contributed by atoms with Gasteiger partial charge in [0.1, 0.15) is 0 Å². The molecule has 1 aromatic heterocycles. The van der Waals surface area contributed by atoms with E-state index in [2.05, 4.69) is 15.6 Å². The predicted molar refractivity (Wildman–Crippen MR) is 70.9 cm³/mol. The molecule has 0 spiro atoms. The molecule has 20 heavy (non-hydrogen) atoms. The second-order valence-electron chi connectivity index (χ2n) is 5.23. The number of carbonyl (C=O) groups excluding carboxylic acids is 1. The minimum atomic E-state index is -1.03. The van der Waals surface area contributed by atoms with Gasteiger partial charge in [-0.2, -0.15) is 0 Å². The van der Waals surface area contributed by atoms with E-state index in [-0.39, 0.29) is 12.6 Å². The highest BCUT2D eigenvalue weighted by molar-refractivity contribution is 5.74. The van der Waals surface area contributed by atoms with Gasteiger partial charge in [0.15, 0.2) is 0 Å². The van der Waals surface area contributed by atoms with Crippen molar-refractivity contribution < 1.29 is 15.0 Å². The minimum absolute atomic E-state index is 0.145.